The molecule has 4 aromatic carbocycles. The van der Waals surface area contributed by atoms with Gasteiger partial charge in [-0.3, -0.25) is 0 Å². The molecule has 8 heteroatoms. The fourth-order valence-electron chi connectivity index (χ4n) is 2.27. The van der Waals surface area contributed by atoms with Gasteiger partial charge in [0, 0.05) is 22.7 Å². The Morgan fingerprint density at radius 3 is 0.472 bits per heavy atom. The molecular weight excluding hydrogens is 534 g/mol. The number of anilines is 4. The number of hydrogen-bond acceptors (Lipinski definition) is 4. The standard InChI is InChI=1S/4C7H9N.4ClH/c4*1-6-2-4-7(8)5-3-6;;;;/h4*2-5H,8H2,1H3;4*1H. The largest absolute Gasteiger partial charge is 0.399 e. The molecule has 0 aromatic heterocycles. The Morgan fingerprint density at radius 2 is 0.389 bits per heavy atom. The van der Waals surface area contributed by atoms with E-state index in [0.717, 1.165) is 22.7 Å². The lowest BCUT2D eigenvalue weighted by molar-refractivity contribution is 1.47. The number of nitrogens with two attached hydrogens (primary N) is 4. The van der Waals surface area contributed by atoms with Gasteiger partial charge in [-0.2, -0.15) is 0 Å². The van der Waals surface area contributed by atoms with Gasteiger partial charge in [0.1, 0.15) is 0 Å². The Balaban J connectivity index is -0.000000183. The maximum atomic E-state index is 5.43. The lowest BCUT2D eigenvalue weighted by Gasteiger charge is -1.90. The Kier molecular flexibility index (Phi) is 25.5. The topological polar surface area (TPSA) is 104 Å². The first-order chi connectivity index (χ1) is 15.2. The third-order valence-corrected chi connectivity index (χ3v) is 4.31. The minimum absolute atomic E-state index is 0. The molecule has 8 N–H and O–H groups in total. The van der Waals surface area contributed by atoms with Crippen LogP contribution in [-0.4, -0.2) is 0 Å². The third-order valence-electron chi connectivity index (χ3n) is 4.31. The molecule has 0 aliphatic carbocycles. The Morgan fingerprint density at radius 1 is 0.278 bits per heavy atom. The minimum atomic E-state index is 0. The van der Waals surface area contributed by atoms with Crippen LogP contribution in [0.3, 0.4) is 0 Å². The summed E-state index contributed by atoms with van der Waals surface area (Å²) in [6, 6.07) is 31.1. The summed E-state index contributed by atoms with van der Waals surface area (Å²) >= 11 is 0. The Bertz CT molecular complexity index is 765. The van der Waals surface area contributed by atoms with Crippen molar-refractivity contribution in [2.24, 2.45) is 0 Å². The molecule has 0 atom stereocenters. The zero-order valence-corrected chi connectivity index (χ0v) is 24.4. The summed E-state index contributed by atoms with van der Waals surface area (Å²) in [5.74, 6) is 0. The second-order valence-electron chi connectivity index (χ2n) is 7.64. The molecule has 4 rings (SSSR count). The molecule has 0 unspecified atom stereocenters. The summed E-state index contributed by atoms with van der Waals surface area (Å²) in [7, 11) is 0. The van der Waals surface area contributed by atoms with Crippen LogP contribution in [0.25, 0.3) is 0 Å². The van der Waals surface area contributed by atoms with E-state index >= 15 is 0 Å². The van der Waals surface area contributed by atoms with E-state index in [1.54, 1.807) is 0 Å². The number of benzene rings is 4. The molecule has 200 valence electrons. The summed E-state index contributed by atoms with van der Waals surface area (Å²) in [4.78, 5) is 0. The molecule has 0 saturated carbocycles. The fraction of sp³-hybridized carbons (Fsp3) is 0.143. The second-order valence-corrected chi connectivity index (χ2v) is 7.64. The van der Waals surface area contributed by atoms with E-state index < -0.39 is 0 Å². The van der Waals surface area contributed by atoms with E-state index in [-0.39, 0.29) is 49.6 Å². The quantitative estimate of drug-likeness (QED) is 0.160. The summed E-state index contributed by atoms with van der Waals surface area (Å²) in [5.41, 5.74) is 30.0. The first-order valence-corrected chi connectivity index (χ1v) is 10.4. The fourth-order valence-corrected chi connectivity index (χ4v) is 2.27. The van der Waals surface area contributed by atoms with Gasteiger partial charge in [-0.15, -0.1) is 49.6 Å². The molecule has 4 nitrogen and oxygen atoms in total. The van der Waals surface area contributed by atoms with Crippen LogP contribution in [0.5, 0.6) is 0 Å². The molecule has 0 heterocycles. The van der Waals surface area contributed by atoms with E-state index in [1.807, 2.05) is 125 Å². The summed E-state index contributed by atoms with van der Waals surface area (Å²) in [6.45, 7) is 8.16. The van der Waals surface area contributed by atoms with Crippen molar-refractivity contribution in [2.75, 3.05) is 22.9 Å². The summed E-state index contributed by atoms with van der Waals surface area (Å²) in [6.07, 6.45) is 0. The highest BCUT2D eigenvalue weighted by molar-refractivity contribution is 5.86. The second kappa shape index (κ2) is 22.7. The highest BCUT2D eigenvalue weighted by atomic mass is 35.5. The van der Waals surface area contributed by atoms with Crippen LogP contribution in [-0.2, 0) is 0 Å². The van der Waals surface area contributed by atoms with Gasteiger partial charge in [0.05, 0.1) is 0 Å². The average molecular weight is 574 g/mol. The molecule has 0 aliphatic rings. The Hall–Kier alpha value is -2.76. The third kappa shape index (κ3) is 20.6. The lowest BCUT2D eigenvalue weighted by Crippen LogP contribution is -1.81. The van der Waals surface area contributed by atoms with Gasteiger partial charge < -0.3 is 22.9 Å². The van der Waals surface area contributed by atoms with E-state index in [4.69, 9.17) is 22.9 Å². The van der Waals surface area contributed by atoms with E-state index in [9.17, 15) is 0 Å². The number of hydrogen-bond donors (Lipinski definition) is 4. The molecule has 0 bridgehead atoms. The van der Waals surface area contributed by atoms with Crippen LogP contribution in [0, 0.1) is 27.7 Å². The molecule has 4 aromatic rings. The molecular formula is C28H40Cl4N4. The predicted molar refractivity (Wildman–Crippen MR) is 171 cm³/mol. The van der Waals surface area contributed by atoms with Crippen LogP contribution in [0.4, 0.5) is 22.7 Å². The van der Waals surface area contributed by atoms with E-state index in [2.05, 4.69) is 0 Å². The van der Waals surface area contributed by atoms with Crippen LogP contribution >= 0.6 is 49.6 Å². The molecule has 0 fully saturated rings. The van der Waals surface area contributed by atoms with Crippen molar-refractivity contribution < 1.29 is 0 Å². The normalized spacial score (nSPS) is 8.11. The number of nitrogen functional groups attached to an aromatic ring is 4. The minimum Gasteiger partial charge on any atom is -0.399 e. The molecule has 0 amide bonds. The van der Waals surface area contributed by atoms with Crippen LogP contribution in [0.15, 0.2) is 97.1 Å². The average Bonchev–Trinajstić information content (AvgIpc) is 2.78. The summed E-state index contributed by atoms with van der Waals surface area (Å²) in [5, 5.41) is 0. The molecule has 0 saturated heterocycles. The zero-order chi connectivity index (χ0) is 23.9. The van der Waals surface area contributed by atoms with Crippen molar-refractivity contribution in [3.8, 4) is 0 Å². The van der Waals surface area contributed by atoms with Crippen molar-refractivity contribution in [1.29, 1.82) is 0 Å². The zero-order valence-electron chi connectivity index (χ0n) is 21.2. The van der Waals surface area contributed by atoms with Gasteiger partial charge in [-0.05, 0) is 76.2 Å². The van der Waals surface area contributed by atoms with Crippen molar-refractivity contribution >= 4 is 72.4 Å². The number of aryl methyl sites for hydroxylation is 4. The molecule has 0 spiro atoms. The van der Waals surface area contributed by atoms with Gasteiger partial charge in [-0.1, -0.05) is 70.8 Å². The van der Waals surface area contributed by atoms with Crippen molar-refractivity contribution in [3.63, 3.8) is 0 Å². The van der Waals surface area contributed by atoms with Gasteiger partial charge in [-0.25, -0.2) is 0 Å². The Labute approximate surface area is 241 Å². The molecule has 36 heavy (non-hydrogen) atoms. The number of halogens is 4. The van der Waals surface area contributed by atoms with Crippen LogP contribution in [0.2, 0.25) is 0 Å². The molecule has 0 aliphatic heterocycles. The maximum absolute atomic E-state index is 5.43. The van der Waals surface area contributed by atoms with Crippen LogP contribution in [0.1, 0.15) is 22.3 Å². The smallest absolute Gasteiger partial charge is 0.0314 e. The number of rotatable bonds is 0. The SMILES string of the molecule is Cc1ccc(N)cc1.Cc1ccc(N)cc1.Cc1ccc(N)cc1.Cc1ccc(N)cc1.Cl.Cl.Cl.Cl. The first-order valence-electron chi connectivity index (χ1n) is 10.4. The highest BCUT2D eigenvalue weighted by Crippen LogP contribution is 2.04. The van der Waals surface area contributed by atoms with Crippen molar-refractivity contribution in [3.05, 3.63) is 119 Å². The van der Waals surface area contributed by atoms with Crippen molar-refractivity contribution in [1.82, 2.24) is 0 Å². The summed E-state index contributed by atoms with van der Waals surface area (Å²) < 4.78 is 0. The van der Waals surface area contributed by atoms with Gasteiger partial charge in [0.25, 0.3) is 0 Å². The first kappa shape index (κ1) is 40.4. The van der Waals surface area contributed by atoms with E-state index in [1.165, 1.54) is 22.3 Å². The van der Waals surface area contributed by atoms with E-state index in [0.29, 0.717) is 0 Å². The highest BCUT2D eigenvalue weighted by Gasteiger charge is 1.82. The molecule has 0 radical (unpaired) electrons. The van der Waals surface area contributed by atoms with Crippen LogP contribution < -0.4 is 22.9 Å². The van der Waals surface area contributed by atoms with Gasteiger partial charge in [0.2, 0.25) is 0 Å². The lowest BCUT2D eigenvalue weighted by atomic mass is 10.2. The van der Waals surface area contributed by atoms with Gasteiger partial charge >= 0.3 is 0 Å². The van der Waals surface area contributed by atoms with Crippen molar-refractivity contribution in [2.45, 2.75) is 27.7 Å². The van der Waals surface area contributed by atoms with Gasteiger partial charge in [0.15, 0.2) is 0 Å². The monoisotopic (exact) mass is 572 g/mol. The maximum Gasteiger partial charge on any atom is 0.0314 e. The predicted octanol–water partition coefficient (Wildman–Crippen LogP) is 8.00.